The van der Waals surface area contributed by atoms with Gasteiger partial charge in [0.2, 0.25) is 0 Å². The molecule has 1 fully saturated rings. The summed E-state index contributed by atoms with van der Waals surface area (Å²) < 4.78 is 0.799. The number of carbonyl (C=O) groups excluding carboxylic acids is 1. The number of nitro groups is 1. The summed E-state index contributed by atoms with van der Waals surface area (Å²) in [7, 11) is 0. The molecule has 1 atom stereocenters. The van der Waals surface area contributed by atoms with Crippen LogP contribution in [0.5, 0.6) is 0 Å². The van der Waals surface area contributed by atoms with Gasteiger partial charge in [0.05, 0.1) is 16.2 Å². The van der Waals surface area contributed by atoms with Gasteiger partial charge < -0.3 is 10.0 Å². The summed E-state index contributed by atoms with van der Waals surface area (Å²) in [5.41, 5.74) is -0.0146. The number of rotatable bonds is 4. The molecule has 1 aliphatic heterocycles. The number of carboxylic acid groups (broad SMARTS) is 1. The van der Waals surface area contributed by atoms with Crippen molar-refractivity contribution in [1.29, 1.82) is 0 Å². The maximum absolute atomic E-state index is 12.6. The van der Waals surface area contributed by atoms with E-state index in [2.05, 4.69) is 0 Å². The van der Waals surface area contributed by atoms with Crippen LogP contribution in [0.3, 0.4) is 0 Å². The first-order chi connectivity index (χ1) is 11.0. The standard InChI is InChI=1S/C15H14N2O5S/c18-14(19)8-10-2-1-5-16(10)15(20)13-7-9-6-11(17(21)22)3-4-12(9)23-13/h3-4,6-7,10H,1-2,5,8H2,(H,18,19)/t10-/m1/s1. The number of hydrogen-bond acceptors (Lipinski definition) is 5. The molecule has 2 aromatic rings. The van der Waals surface area contributed by atoms with E-state index >= 15 is 0 Å². The van der Waals surface area contributed by atoms with Gasteiger partial charge in [-0.25, -0.2) is 0 Å². The third-order valence-electron chi connectivity index (χ3n) is 3.97. The largest absolute Gasteiger partial charge is 0.481 e. The number of benzene rings is 1. The van der Waals surface area contributed by atoms with E-state index in [1.807, 2.05) is 0 Å². The highest BCUT2D eigenvalue weighted by molar-refractivity contribution is 7.20. The van der Waals surface area contributed by atoms with Gasteiger partial charge in [-0.2, -0.15) is 0 Å². The van der Waals surface area contributed by atoms with Crippen molar-refractivity contribution in [3.8, 4) is 0 Å². The number of likely N-dealkylation sites (tertiary alicyclic amines) is 1. The number of non-ortho nitro benzene ring substituents is 1. The molecule has 23 heavy (non-hydrogen) atoms. The third-order valence-corrected chi connectivity index (χ3v) is 5.07. The molecule has 1 N–H and O–H groups in total. The van der Waals surface area contributed by atoms with Crippen LogP contribution in [0.25, 0.3) is 10.1 Å². The fourth-order valence-corrected chi connectivity index (χ4v) is 3.91. The first-order valence-corrected chi connectivity index (χ1v) is 7.98. The number of fused-ring (bicyclic) bond motifs is 1. The molecule has 7 nitrogen and oxygen atoms in total. The zero-order chi connectivity index (χ0) is 16.6. The molecule has 1 aromatic carbocycles. The van der Waals surface area contributed by atoms with Crippen LogP contribution in [0.4, 0.5) is 5.69 Å². The van der Waals surface area contributed by atoms with Crippen LogP contribution in [0, 0.1) is 10.1 Å². The Kier molecular flexibility index (Phi) is 3.99. The van der Waals surface area contributed by atoms with Gasteiger partial charge in [-0.1, -0.05) is 0 Å². The Balaban J connectivity index is 1.88. The van der Waals surface area contributed by atoms with E-state index in [1.54, 1.807) is 17.0 Å². The second-order valence-electron chi connectivity index (χ2n) is 5.48. The van der Waals surface area contributed by atoms with Crippen molar-refractivity contribution in [2.24, 2.45) is 0 Å². The molecule has 1 aliphatic rings. The fraction of sp³-hybridized carbons (Fsp3) is 0.333. The SMILES string of the molecule is O=C(O)C[C@H]1CCCN1C(=O)c1cc2cc([N+](=O)[O-])ccc2s1. The van der Waals surface area contributed by atoms with E-state index in [0.29, 0.717) is 23.2 Å². The molecule has 0 saturated carbocycles. The minimum Gasteiger partial charge on any atom is -0.481 e. The Hall–Kier alpha value is -2.48. The second-order valence-corrected chi connectivity index (χ2v) is 6.57. The quantitative estimate of drug-likeness (QED) is 0.684. The Morgan fingerprint density at radius 3 is 2.87 bits per heavy atom. The molecular weight excluding hydrogens is 320 g/mol. The predicted octanol–water partition coefficient (Wildman–Crippen LogP) is 2.89. The Labute approximate surface area is 135 Å². The lowest BCUT2D eigenvalue weighted by atomic mass is 10.1. The van der Waals surface area contributed by atoms with Crippen molar-refractivity contribution in [2.75, 3.05) is 6.54 Å². The van der Waals surface area contributed by atoms with Crippen LogP contribution < -0.4 is 0 Å². The highest BCUT2D eigenvalue weighted by Crippen LogP contribution is 2.31. The maximum Gasteiger partial charge on any atom is 0.305 e. The summed E-state index contributed by atoms with van der Waals surface area (Å²) in [6.07, 6.45) is 1.43. The molecule has 0 bridgehead atoms. The number of amides is 1. The summed E-state index contributed by atoms with van der Waals surface area (Å²) >= 11 is 1.27. The van der Waals surface area contributed by atoms with Gasteiger partial charge in [0.25, 0.3) is 11.6 Å². The van der Waals surface area contributed by atoms with E-state index in [-0.39, 0.29) is 24.1 Å². The Bertz CT molecular complexity index is 800. The molecule has 0 unspecified atom stereocenters. The molecule has 1 aromatic heterocycles. The lowest BCUT2D eigenvalue weighted by Gasteiger charge is -2.22. The van der Waals surface area contributed by atoms with Crippen LogP contribution in [0.15, 0.2) is 24.3 Å². The summed E-state index contributed by atoms with van der Waals surface area (Å²) in [5.74, 6) is -1.11. The van der Waals surface area contributed by atoms with Crippen molar-refractivity contribution >= 4 is 39.0 Å². The van der Waals surface area contributed by atoms with Crippen molar-refractivity contribution < 1.29 is 19.6 Å². The molecule has 3 rings (SSSR count). The Morgan fingerprint density at radius 1 is 1.39 bits per heavy atom. The fourth-order valence-electron chi connectivity index (χ4n) is 2.91. The van der Waals surface area contributed by atoms with E-state index in [9.17, 15) is 19.7 Å². The Morgan fingerprint density at radius 2 is 2.17 bits per heavy atom. The van der Waals surface area contributed by atoms with E-state index in [4.69, 9.17) is 5.11 Å². The predicted molar refractivity (Wildman–Crippen MR) is 84.8 cm³/mol. The van der Waals surface area contributed by atoms with Gasteiger partial charge in [0, 0.05) is 34.8 Å². The van der Waals surface area contributed by atoms with Crippen LogP contribution in [-0.4, -0.2) is 39.4 Å². The van der Waals surface area contributed by atoms with Crippen LogP contribution in [0.1, 0.15) is 28.9 Å². The molecule has 8 heteroatoms. The van der Waals surface area contributed by atoms with Gasteiger partial charge in [0.15, 0.2) is 0 Å². The van der Waals surface area contributed by atoms with E-state index in [0.717, 1.165) is 11.1 Å². The summed E-state index contributed by atoms with van der Waals surface area (Å²) in [4.78, 5) is 36.0. The maximum atomic E-state index is 12.6. The number of nitro benzene ring substituents is 1. The monoisotopic (exact) mass is 334 g/mol. The molecule has 0 radical (unpaired) electrons. The number of thiophene rings is 1. The second kappa shape index (κ2) is 5.96. The molecular formula is C15H14N2O5S. The van der Waals surface area contributed by atoms with Crippen molar-refractivity contribution in [2.45, 2.75) is 25.3 Å². The summed E-state index contributed by atoms with van der Waals surface area (Å²) in [5, 5.41) is 20.4. The molecule has 1 saturated heterocycles. The highest BCUT2D eigenvalue weighted by atomic mass is 32.1. The number of aliphatic carboxylic acids is 1. The molecule has 1 amide bonds. The number of carbonyl (C=O) groups is 2. The highest BCUT2D eigenvalue weighted by Gasteiger charge is 2.31. The van der Waals surface area contributed by atoms with E-state index < -0.39 is 10.9 Å². The summed E-state index contributed by atoms with van der Waals surface area (Å²) in [6.45, 7) is 0.547. The zero-order valence-electron chi connectivity index (χ0n) is 12.1. The average Bonchev–Trinajstić information content (AvgIpc) is 3.11. The molecule has 2 heterocycles. The third kappa shape index (κ3) is 3.02. The number of carboxylic acids is 1. The van der Waals surface area contributed by atoms with Crippen LogP contribution in [-0.2, 0) is 4.79 Å². The average molecular weight is 334 g/mol. The number of hydrogen-bond donors (Lipinski definition) is 1. The molecule has 0 aliphatic carbocycles. The molecule has 120 valence electrons. The summed E-state index contributed by atoms with van der Waals surface area (Å²) in [6, 6.07) is 5.86. The number of nitrogens with zero attached hydrogens (tertiary/aromatic N) is 2. The van der Waals surface area contributed by atoms with E-state index in [1.165, 1.54) is 23.5 Å². The molecule has 0 spiro atoms. The van der Waals surface area contributed by atoms with Gasteiger partial charge in [0.1, 0.15) is 0 Å². The first-order valence-electron chi connectivity index (χ1n) is 7.16. The van der Waals surface area contributed by atoms with Crippen molar-refractivity contribution in [1.82, 2.24) is 4.90 Å². The minimum absolute atomic E-state index is 0.0146. The van der Waals surface area contributed by atoms with Crippen LogP contribution >= 0.6 is 11.3 Å². The lowest BCUT2D eigenvalue weighted by Crippen LogP contribution is -2.36. The first kappa shape index (κ1) is 15.4. The normalized spacial score (nSPS) is 17.6. The van der Waals surface area contributed by atoms with Crippen molar-refractivity contribution in [3.05, 3.63) is 39.3 Å². The van der Waals surface area contributed by atoms with Gasteiger partial charge in [-0.3, -0.25) is 19.7 Å². The van der Waals surface area contributed by atoms with Gasteiger partial charge in [-0.05, 0) is 25.0 Å². The minimum atomic E-state index is -0.915. The van der Waals surface area contributed by atoms with Crippen molar-refractivity contribution in [3.63, 3.8) is 0 Å². The van der Waals surface area contributed by atoms with Gasteiger partial charge in [-0.15, -0.1) is 11.3 Å². The topological polar surface area (TPSA) is 101 Å². The van der Waals surface area contributed by atoms with Crippen LogP contribution in [0.2, 0.25) is 0 Å². The zero-order valence-corrected chi connectivity index (χ0v) is 12.9. The lowest BCUT2D eigenvalue weighted by molar-refractivity contribution is -0.384. The van der Waals surface area contributed by atoms with Gasteiger partial charge >= 0.3 is 5.97 Å². The smallest absolute Gasteiger partial charge is 0.305 e.